The van der Waals surface area contributed by atoms with E-state index in [-0.39, 0.29) is 40.5 Å². The van der Waals surface area contributed by atoms with E-state index in [1.165, 1.54) is 6.07 Å². The molecule has 1 aliphatic heterocycles. The Morgan fingerprint density at radius 1 is 1.68 bits per heavy atom. The zero-order valence-electron chi connectivity index (χ0n) is 12.3. The maximum Gasteiger partial charge on any atom is 0.255 e. The normalized spacial score (nSPS) is 18.0. The topological polar surface area (TPSA) is 106 Å². The summed E-state index contributed by atoms with van der Waals surface area (Å²) in [6, 6.07) is 1.39. The van der Waals surface area contributed by atoms with E-state index in [0.717, 1.165) is 6.54 Å². The Morgan fingerprint density at radius 3 is 3.09 bits per heavy atom. The van der Waals surface area contributed by atoms with Gasteiger partial charge in [0.15, 0.2) is 11.5 Å². The highest BCUT2D eigenvalue weighted by atomic mass is 35.5. The molecule has 1 aromatic carbocycles. The molecule has 122 valence electrons. The summed E-state index contributed by atoms with van der Waals surface area (Å²) in [4.78, 5) is 12.3. The summed E-state index contributed by atoms with van der Waals surface area (Å²) < 4.78 is 10.8. The number of phenols is 1. The monoisotopic (exact) mass is 329 g/mol. The van der Waals surface area contributed by atoms with Crippen LogP contribution >= 0.6 is 11.6 Å². The average Bonchev–Trinajstić information content (AvgIpc) is 2.54. The summed E-state index contributed by atoms with van der Waals surface area (Å²) >= 11 is 5.93. The molecular formula is C14H20ClN3O4. The molecule has 7 nitrogen and oxygen atoms in total. The van der Waals surface area contributed by atoms with Crippen molar-refractivity contribution in [1.82, 2.24) is 10.6 Å². The Morgan fingerprint density at radius 2 is 2.45 bits per heavy atom. The summed E-state index contributed by atoms with van der Waals surface area (Å²) in [5, 5.41) is 16.0. The lowest BCUT2D eigenvalue weighted by molar-refractivity contribution is 0.0287. The third-order valence-corrected chi connectivity index (χ3v) is 3.58. The number of ether oxygens (including phenoxy) is 2. The molecule has 22 heavy (non-hydrogen) atoms. The number of nitrogen functional groups attached to an aromatic ring is 1. The third kappa shape index (κ3) is 3.73. The van der Waals surface area contributed by atoms with Crippen molar-refractivity contribution in [1.29, 1.82) is 0 Å². The summed E-state index contributed by atoms with van der Waals surface area (Å²) in [5.41, 5.74) is 5.78. The van der Waals surface area contributed by atoms with Crippen LogP contribution in [0, 0.1) is 0 Å². The quantitative estimate of drug-likeness (QED) is 0.469. The van der Waals surface area contributed by atoms with Gasteiger partial charge in [0, 0.05) is 19.6 Å². The summed E-state index contributed by atoms with van der Waals surface area (Å²) in [6.45, 7) is 4.46. The molecule has 0 spiro atoms. The van der Waals surface area contributed by atoms with Crippen LogP contribution in [0.5, 0.6) is 11.5 Å². The summed E-state index contributed by atoms with van der Waals surface area (Å²) in [6.07, 6.45) is -0.0916. The van der Waals surface area contributed by atoms with E-state index in [9.17, 15) is 9.90 Å². The number of anilines is 1. The van der Waals surface area contributed by atoms with Gasteiger partial charge in [0.05, 0.1) is 35.6 Å². The van der Waals surface area contributed by atoms with Gasteiger partial charge >= 0.3 is 0 Å². The standard InChI is InChI=1S/C14H20ClN3O4/c1-2-21-13-9(5-10(15)11(16)12(13)19)14(20)18-7-8-6-17-3-4-22-8/h5,8,17,19H,2-4,6-7,16H2,1H3,(H,18,20)/t8-/m0/s1. The molecule has 0 unspecified atom stereocenters. The van der Waals surface area contributed by atoms with E-state index in [2.05, 4.69) is 10.6 Å². The summed E-state index contributed by atoms with van der Waals surface area (Å²) in [5.74, 6) is -0.700. The van der Waals surface area contributed by atoms with Crippen LogP contribution in [-0.2, 0) is 4.74 Å². The van der Waals surface area contributed by atoms with Crippen molar-refractivity contribution in [2.45, 2.75) is 13.0 Å². The highest BCUT2D eigenvalue weighted by Crippen LogP contribution is 2.40. The van der Waals surface area contributed by atoms with Gasteiger partial charge in [-0.2, -0.15) is 0 Å². The number of hydrogen-bond donors (Lipinski definition) is 4. The van der Waals surface area contributed by atoms with Crippen molar-refractivity contribution in [3.63, 3.8) is 0 Å². The molecule has 1 saturated heterocycles. The first-order chi connectivity index (χ1) is 10.5. The maximum atomic E-state index is 12.3. The molecule has 0 saturated carbocycles. The van der Waals surface area contributed by atoms with Crippen LogP contribution in [-0.4, -0.2) is 50.0 Å². The Balaban J connectivity index is 2.13. The predicted octanol–water partition coefficient (Wildman–Crippen LogP) is 0.745. The fourth-order valence-electron chi connectivity index (χ4n) is 2.14. The highest BCUT2D eigenvalue weighted by molar-refractivity contribution is 6.34. The number of nitrogens with one attached hydrogen (secondary N) is 2. The fraction of sp³-hybridized carbons (Fsp3) is 0.500. The van der Waals surface area contributed by atoms with Gasteiger partial charge in [-0.3, -0.25) is 4.79 Å². The van der Waals surface area contributed by atoms with Crippen molar-refractivity contribution >= 4 is 23.2 Å². The van der Waals surface area contributed by atoms with Crippen LogP contribution in [0.25, 0.3) is 0 Å². The number of hydrogen-bond acceptors (Lipinski definition) is 6. The van der Waals surface area contributed by atoms with Crippen molar-refractivity contribution in [3.8, 4) is 11.5 Å². The Bertz CT molecular complexity index is 547. The summed E-state index contributed by atoms with van der Waals surface area (Å²) in [7, 11) is 0. The Kier molecular flexibility index (Phi) is 5.70. The molecule has 1 aromatic rings. The lowest BCUT2D eigenvalue weighted by Crippen LogP contribution is -2.45. The first-order valence-corrected chi connectivity index (χ1v) is 7.46. The second-order valence-electron chi connectivity index (χ2n) is 4.84. The first-order valence-electron chi connectivity index (χ1n) is 7.08. The van der Waals surface area contributed by atoms with E-state index in [4.69, 9.17) is 26.8 Å². The van der Waals surface area contributed by atoms with Crippen LogP contribution in [0.2, 0.25) is 5.02 Å². The number of morpholine rings is 1. The molecule has 1 aliphatic rings. The van der Waals surface area contributed by atoms with E-state index in [1.807, 2.05) is 0 Å². The van der Waals surface area contributed by atoms with Gasteiger partial charge in [-0.25, -0.2) is 0 Å². The maximum absolute atomic E-state index is 12.3. The molecule has 1 fully saturated rings. The van der Waals surface area contributed by atoms with Gasteiger partial charge in [-0.15, -0.1) is 0 Å². The molecular weight excluding hydrogens is 310 g/mol. The molecule has 1 atom stereocenters. The largest absolute Gasteiger partial charge is 0.503 e. The zero-order valence-corrected chi connectivity index (χ0v) is 13.1. The number of halogens is 1. The van der Waals surface area contributed by atoms with Gasteiger partial charge in [0.25, 0.3) is 5.91 Å². The number of amides is 1. The van der Waals surface area contributed by atoms with Gasteiger partial charge in [-0.05, 0) is 13.0 Å². The van der Waals surface area contributed by atoms with Crippen LogP contribution in [0.1, 0.15) is 17.3 Å². The minimum absolute atomic E-state index is 0.0125. The smallest absolute Gasteiger partial charge is 0.255 e. The van der Waals surface area contributed by atoms with E-state index >= 15 is 0 Å². The molecule has 1 amide bonds. The lowest BCUT2D eigenvalue weighted by Gasteiger charge is -2.24. The number of phenolic OH excluding ortho intramolecular Hbond substituents is 1. The molecule has 0 radical (unpaired) electrons. The van der Waals surface area contributed by atoms with Crippen LogP contribution in [0.3, 0.4) is 0 Å². The van der Waals surface area contributed by atoms with Crippen molar-refractivity contribution < 1.29 is 19.4 Å². The highest BCUT2D eigenvalue weighted by Gasteiger charge is 2.22. The number of nitrogens with two attached hydrogens (primary N) is 1. The van der Waals surface area contributed by atoms with E-state index < -0.39 is 5.91 Å². The number of rotatable bonds is 5. The molecule has 1 heterocycles. The van der Waals surface area contributed by atoms with E-state index in [1.54, 1.807) is 6.92 Å². The van der Waals surface area contributed by atoms with Crippen molar-refractivity contribution in [2.24, 2.45) is 0 Å². The fourth-order valence-corrected chi connectivity index (χ4v) is 2.34. The first kappa shape index (κ1) is 16.7. The molecule has 0 bridgehead atoms. The number of carbonyl (C=O) groups excluding carboxylic acids is 1. The molecule has 2 rings (SSSR count). The lowest BCUT2D eigenvalue weighted by atomic mass is 10.1. The van der Waals surface area contributed by atoms with Crippen molar-refractivity contribution in [2.75, 3.05) is 38.6 Å². The van der Waals surface area contributed by atoms with Gasteiger partial charge < -0.3 is 30.9 Å². The number of benzene rings is 1. The van der Waals surface area contributed by atoms with Crippen LogP contribution in [0.4, 0.5) is 5.69 Å². The Labute approximate surface area is 133 Å². The molecule has 0 aromatic heterocycles. The van der Waals surface area contributed by atoms with Crippen LogP contribution < -0.4 is 21.1 Å². The van der Waals surface area contributed by atoms with Gasteiger partial charge in [-0.1, -0.05) is 11.6 Å². The van der Waals surface area contributed by atoms with Gasteiger partial charge in [0.1, 0.15) is 0 Å². The number of aromatic hydroxyl groups is 1. The zero-order chi connectivity index (χ0) is 16.1. The van der Waals surface area contributed by atoms with Crippen LogP contribution in [0.15, 0.2) is 6.07 Å². The number of carbonyl (C=O) groups is 1. The third-order valence-electron chi connectivity index (χ3n) is 3.27. The second-order valence-corrected chi connectivity index (χ2v) is 5.24. The second kappa shape index (κ2) is 7.53. The molecule has 8 heteroatoms. The predicted molar refractivity (Wildman–Crippen MR) is 83.6 cm³/mol. The van der Waals surface area contributed by atoms with Gasteiger partial charge in [0.2, 0.25) is 0 Å². The molecule has 5 N–H and O–H groups in total. The Hall–Kier alpha value is -1.70. The molecule has 0 aliphatic carbocycles. The van der Waals surface area contributed by atoms with Crippen molar-refractivity contribution in [3.05, 3.63) is 16.7 Å². The van der Waals surface area contributed by atoms with E-state index in [0.29, 0.717) is 19.7 Å². The SMILES string of the molecule is CCOc1c(C(=O)NC[C@@H]2CNCCO2)cc(Cl)c(N)c1O. The minimum atomic E-state index is -0.408. The minimum Gasteiger partial charge on any atom is -0.503 e. The average molecular weight is 330 g/mol.